The SMILES string of the molecule is CC(C)(C)C1NC(=O)CCN(CC2CCCO2)C1=O. The van der Waals surface area contributed by atoms with Crippen molar-refractivity contribution in [2.24, 2.45) is 5.41 Å². The molecule has 0 aromatic carbocycles. The van der Waals surface area contributed by atoms with E-state index in [0.717, 1.165) is 19.4 Å². The first kappa shape index (κ1) is 14.3. The fraction of sp³-hybridized carbons (Fsp3) is 0.857. The molecule has 0 aliphatic carbocycles. The standard InChI is InChI=1S/C14H24N2O3/c1-14(2,3)12-13(18)16(7-6-11(17)15-12)9-10-5-4-8-19-10/h10,12H,4-9H2,1-3H3,(H,15,17). The van der Waals surface area contributed by atoms with Crippen LogP contribution < -0.4 is 5.32 Å². The molecule has 2 aliphatic rings. The Kier molecular flexibility index (Phi) is 4.13. The number of nitrogens with zero attached hydrogens (tertiary/aromatic N) is 1. The van der Waals surface area contributed by atoms with Crippen LogP contribution in [0.4, 0.5) is 0 Å². The van der Waals surface area contributed by atoms with Crippen LogP contribution in [0.25, 0.3) is 0 Å². The van der Waals surface area contributed by atoms with E-state index >= 15 is 0 Å². The highest BCUT2D eigenvalue weighted by Gasteiger charge is 2.38. The Labute approximate surface area is 114 Å². The lowest BCUT2D eigenvalue weighted by molar-refractivity contribution is -0.137. The smallest absolute Gasteiger partial charge is 0.245 e. The second kappa shape index (κ2) is 5.49. The molecule has 1 N–H and O–H groups in total. The van der Waals surface area contributed by atoms with Crippen LogP contribution in [-0.2, 0) is 14.3 Å². The highest BCUT2D eigenvalue weighted by molar-refractivity contribution is 5.90. The van der Waals surface area contributed by atoms with Crippen molar-refractivity contribution in [2.75, 3.05) is 19.7 Å². The van der Waals surface area contributed by atoms with E-state index in [1.54, 1.807) is 4.90 Å². The van der Waals surface area contributed by atoms with E-state index in [1.165, 1.54) is 0 Å². The first-order valence-electron chi connectivity index (χ1n) is 7.07. The Morgan fingerprint density at radius 1 is 1.37 bits per heavy atom. The maximum absolute atomic E-state index is 12.6. The molecule has 2 atom stereocenters. The maximum Gasteiger partial charge on any atom is 0.245 e. The molecule has 2 heterocycles. The number of amides is 2. The Morgan fingerprint density at radius 3 is 2.68 bits per heavy atom. The fourth-order valence-electron chi connectivity index (χ4n) is 2.63. The Balaban J connectivity index is 2.09. The summed E-state index contributed by atoms with van der Waals surface area (Å²) in [4.78, 5) is 26.1. The minimum absolute atomic E-state index is 0.0221. The van der Waals surface area contributed by atoms with Gasteiger partial charge in [-0.05, 0) is 18.3 Å². The summed E-state index contributed by atoms with van der Waals surface area (Å²) in [6, 6.07) is -0.441. The van der Waals surface area contributed by atoms with E-state index in [-0.39, 0.29) is 23.3 Å². The van der Waals surface area contributed by atoms with Gasteiger partial charge >= 0.3 is 0 Å². The van der Waals surface area contributed by atoms with Crippen molar-refractivity contribution < 1.29 is 14.3 Å². The number of rotatable bonds is 2. The third-order valence-electron chi connectivity index (χ3n) is 3.79. The quantitative estimate of drug-likeness (QED) is 0.810. The first-order valence-corrected chi connectivity index (χ1v) is 7.07. The van der Waals surface area contributed by atoms with Crippen molar-refractivity contribution >= 4 is 11.8 Å². The molecular formula is C14H24N2O3. The van der Waals surface area contributed by atoms with Crippen LogP contribution in [0.2, 0.25) is 0 Å². The fourth-order valence-corrected chi connectivity index (χ4v) is 2.63. The number of carbonyl (C=O) groups is 2. The molecule has 0 aromatic heterocycles. The van der Waals surface area contributed by atoms with E-state index in [2.05, 4.69) is 5.32 Å². The van der Waals surface area contributed by atoms with Crippen molar-refractivity contribution in [2.45, 2.75) is 52.2 Å². The summed E-state index contributed by atoms with van der Waals surface area (Å²) in [6.07, 6.45) is 2.58. The van der Waals surface area contributed by atoms with Crippen molar-refractivity contribution in [1.29, 1.82) is 0 Å². The molecule has 2 unspecified atom stereocenters. The molecule has 2 saturated heterocycles. The van der Waals surface area contributed by atoms with E-state index in [1.807, 2.05) is 20.8 Å². The zero-order chi connectivity index (χ0) is 14.0. The maximum atomic E-state index is 12.6. The molecule has 5 nitrogen and oxygen atoms in total. The number of nitrogens with one attached hydrogen (secondary N) is 1. The summed E-state index contributed by atoms with van der Waals surface area (Å²) in [6.45, 7) is 7.83. The molecule has 19 heavy (non-hydrogen) atoms. The topological polar surface area (TPSA) is 58.6 Å². The largest absolute Gasteiger partial charge is 0.376 e. The van der Waals surface area contributed by atoms with Gasteiger partial charge < -0.3 is 15.0 Å². The van der Waals surface area contributed by atoms with Crippen LogP contribution in [0.1, 0.15) is 40.0 Å². The monoisotopic (exact) mass is 268 g/mol. The molecule has 0 bridgehead atoms. The summed E-state index contributed by atoms with van der Waals surface area (Å²) >= 11 is 0. The highest BCUT2D eigenvalue weighted by Crippen LogP contribution is 2.24. The number of hydrogen-bond donors (Lipinski definition) is 1. The van der Waals surface area contributed by atoms with Gasteiger partial charge in [-0.15, -0.1) is 0 Å². The molecule has 2 rings (SSSR count). The van der Waals surface area contributed by atoms with Crippen LogP contribution in [0, 0.1) is 5.41 Å². The van der Waals surface area contributed by atoms with Crippen molar-refractivity contribution in [1.82, 2.24) is 10.2 Å². The summed E-state index contributed by atoms with van der Waals surface area (Å²) in [5.74, 6) is -0.0167. The summed E-state index contributed by atoms with van der Waals surface area (Å²) < 4.78 is 5.59. The molecule has 5 heteroatoms. The average molecular weight is 268 g/mol. The Bertz CT molecular complexity index is 356. The Morgan fingerprint density at radius 2 is 2.11 bits per heavy atom. The lowest BCUT2D eigenvalue weighted by atomic mass is 9.86. The predicted molar refractivity (Wildman–Crippen MR) is 71.6 cm³/mol. The molecule has 0 aromatic rings. The lowest BCUT2D eigenvalue weighted by Crippen LogP contribution is -2.52. The summed E-state index contributed by atoms with van der Waals surface area (Å²) in [5, 5.41) is 2.85. The summed E-state index contributed by atoms with van der Waals surface area (Å²) in [5.41, 5.74) is -0.272. The number of ether oxygens (including phenoxy) is 1. The van der Waals surface area contributed by atoms with Gasteiger partial charge in [-0.1, -0.05) is 20.8 Å². The van der Waals surface area contributed by atoms with Gasteiger partial charge in [-0.25, -0.2) is 0 Å². The lowest BCUT2D eigenvalue weighted by Gasteiger charge is -2.33. The molecule has 0 radical (unpaired) electrons. The third-order valence-corrected chi connectivity index (χ3v) is 3.79. The normalized spacial score (nSPS) is 29.3. The number of carbonyl (C=O) groups excluding carboxylic acids is 2. The van der Waals surface area contributed by atoms with Crippen LogP contribution in [0.5, 0.6) is 0 Å². The average Bonchev–Trinajstić information content (AvgIpc) is 2.77. The van der Waals surface area contributed by atoms with Crippen LogP contribution in [0.15, 0.2) is 0 Å². The van der Waals surface area contributed by atoms with Gasteiger partial charge in [0.2, 0.25) is 11.8 Å². The van der Waals surface area contributed by atoms with Gasteiger partial charge in [0.05, 0.1) is 6.10 Å². The first-order chi connectivity index (χ1) is 8.88. The van der Waals surface area contributed by atoms with Gasteiger partial charge in [0, 0.05) is 26.1 Å². The van der Waals surface area contributed by atoms with Crippen LogP contribution in [0.3, 0.4) is 0 Å². The van der Waals surface area contributed by atoms with Crippen LogP contribution >= 0.6 is 0 Å². The zero-order valence-corrected chi connectivity index (χ0v) is 12.1. The second-order valence-electron chi connectivity index (χ2n) is 6.54. The zero-order valence-electron chi connectivity index (χ0n) is 12.1. The summed E-state index contributed by atoms with van der Waals surface area (Å²) in [7, 11) is 0. The van der Waals surface area contributed by atoms with Gasteiger partial charge in [0.1, 0.15) is 6.04 Å². The predicted octanol–water partition coefficient (Wildman–Crippen LogP) is 0.929. The van der Waals surface area contributed by atoms with Gasteiger partial charge in [0.25, 0.3) is 0 Å². The minimum atomic E-state index is -0.441. The van der Waals surface area contributed by atoms with Gasteiger partial charge in [-0.2, -0.15) is 0 Å². The van der Waals surface area contributed by atoms with E-state index in [0.29, 0.717) is 19.5 Å². The van der Waals surface area contributed by atoms with E-state index < -0.39 is 6.04 Å². The van der Waals surface area contributed by atoms with E-state index in [4.69, 9.17) is 4.74 Å². The highest BCUT2D eigenvalue weighted by atomic mass is 16.5. The van der Waals surface area contributed by atoms with Crippen LogP contribution in [-0.4, -0.2) is 48.6 Å². The van der Waals surface area contributed by atoms with E-state index in [9.17, 15) is 9.59 Å². The molecule has 0 saturated carbocycles. The van der Waals surface area contributed by atoms with Gasteiger partial charge in [0.15, 0.2) is 0 Å². The molecule has 2 amide bonds. The molecule has 2 aliphatic heterocycles. The van der Waals surface area contributed by atoms with Crippen molar-refractivity contribution in [3.05, 3.63) is 0 Å². The molecule has 2 fully saturated rings. The molecule has 108 valence electrons. The third kappa shape index (κ3) is 3.47. The molecule has 0 spiro atoms. The van der Waals surface area contributed by atoms with Gasteiger partial charge in [-0.3, -0.25) is 9.59 Å². The van der Waals surface area contributed by atoms with Crippen molar-refractivity contribution in [3.8, 4) is 0 Å². The van der Waals surface area contributed by atoms with Crippen molar-refractivity contribution in [3.63, 3.8) is 0 Å². The Hall–Kier alpha value is -1.10. The second-order valence-corrected chi connectivity index (χ2v) is 6.54. The minimum Gasteiger partial charge on any atom is -0.376 e. The number of hydrogen-bond acceptors (Lipinski definition) is 3. The molecular weight excluding hydrogens is 244 g/mol.